The zero-order valence-electron chi connectivity index (χ0n) is 13.8. The van der Waals surface area contributed by atoms with Crippen LogP contribution in [0, 0.1) is 5.92 Å². The number of benzene rings is 2. The Morgan fingerprint density at radius 1 is 1.08 bits per heavy atom. The van der Waals surface area contributed by atoms with Crippen LogP contribution in [0.4, 0.5) is 0 Å². The van der Waals surface area contributed by atoms with Crippen LogP contribution in [0.25, 0.3) is 22.2 Å². The first-order valence-electron chi connectivity index (χ1n) is 8.01. The highest BCUT2D eigenvalue weighted by atomic mass is 32.2. The molecule has 25 heavy (non-hydrogen) atoms. The molecule has 0 spiro atoms. The molecule has 0 radical (unpaired) electrons. The molecule has 0 aliphatic heterocycles. The minimum Gasteiger partial charge on any atom is -0.411 e. The predicted molar refractivity (Wildman–Crippen MR) is 99.8 cm³/mol. The topological polar surface area (TPSA) is 64.7 Å². The van der Waals surface area contributed by atoms with E-state index >= 15 is 0 Å². The molecule has 0 bridgehead atoms. The number of rotatable bonds is 5. The van der Waals surface area contributed by atoms with Gasteiger partial charge in [0.1, 0.15) is 5.82 Å². The lowest BCUT2D eigenvalue weighted by Gasteiger charge is -2.01. The third-order valence-corrected chi connectivity index (χ3v) is 5.27. The first kappa shape index (κ1) is 16.2. The summed E-state index contributed by atoms with van der Waals surface area (Å²) in [5.74, 6) is 1.93. The molecule has 0 aliphatic carbocycles. The van der Waals surface area contributed by atoms with Crippen LogP contribution in [0.2, 0.25) is 0 Å². The molecule has 126 valence electrons. The van der Waals surface area contributed by atoms with Gasteiger partial charge in [0.2, 0.25) is 5.89 Å². The van der Waals surface area contributed by atoms with E-state index in [2.05, 4.69) is 51.6 Å². The van der Waals surface area contributed by atoms with E-state index < -0.39 is 0 Å². The predicted octanol–water partition coefficient (Wildman–Crippen LogP) is 5.09. The lowest BCUT2D eigenvalue weighted by molar-refractivity contribution is 0.466. The van der Waals surface area contributed by atoms with E-state index in [-0.39, 0.29) is 0 Å². The highest BCUT2D eigenvalue weighted by Crippen LogP contribution is 2.32. The fraction of sp³-hybridized carbons (Fsp3) is 0.222. The number of hydrogen-bond acceptors (Lipinski definition) is 7. The van der Waals surface area contributed by atoms with Crippen LogP contribution in [0.3, 0.4) is 0 Å². The quantitative estimate of drug-likeness (QED) is 0.489. The maximum Gasteiger partial charge on any atom is 0.284 e. The van der Waals surface area contributed by atoms with Gasteiger partial charge in [-0.15, -0.1) is 10.2 Å². The molecule has 4 rings (SSSR count). The number of nitrogens with zero attached hydrogens (tertiary/aromatic N) is 4. The van der Waals surface area contributed by atoms with E-state index in [1.165, 1.54) is 23.3 Å². The van der Waals surface area contributed by atoms with Crippen LogP contribution >= 0.6 is 23.3 Å². The molecule has 2 aromatic heterocycles. The van der Waals surface area contributed by atoms with Gasteiger partial charge < -0.3 is 4.42 Å². The van der Waals surface area contributed by atoms with E-state index in [1.807, 2.05) is 24.3 Å². The first-order chi connectivity index (χ1) is 12.2. The van der Waals surface area contributed by atoms with Gasteiger partial charge in [-0.3, -0.25) is 0 Å². The van der Waals surface area contributed by atoms with E-state index in [0.717, 1.165) is 32.9 Å². The third-order valence-electron chi connectivity index (χ3n) is 3.64. The Morgan fingerprint density at radius 2 is 1.92 bits per heavy atom. The Bertz CT molecular complexity index is 1000. The summed E-state index contributed by atoms with van der Waals surface area (Å²) < 4.78 is 11.1. The van der Waals surface area contributed by atoms with Crippen molar-refractivity contribution in [2.75, 3.05) is 0 Å². The molecule has 2 heterocycles. The van der Waals surface area contributed by atoms with E-state index in [4.69, 9.17) is 4.42 Å². The Kier molecular flexibility index (Phi) is 4.50. The largest absolute Gasteiger partial charge is 0.411 e. The second kappa shape index (κ2) is 6.93. The van der Waals surface area contributed by atoms with Gasteiger partial charge in [-0.05, 0) is 34.3 Å². The molecule has 5 nitrogen and oxygen atoms in total. The summed E-state index contributed by atoms with van der Waals surface area (Å²) in [5, 5.41) is 11.1. The lowest BCUT2D eigenvalue weighted by Crippen LogP contribution is -1.95. The molecule has 2 aromatic carbocycles. The van der Waals surface area contributed by atoms with Crippen molar-refractivity contribution in [2.45, 2.75) is 29.8 Å². The Morgan fingerprint density at radius 3 is 2.80 bits per heavy atom. The van der Waals surface area contributed by atoms with E-state index in [0.29, 0.717) is 17.0 Å². The number of hydrogen-bond donors (Lipinski definition) is 0. The third kappa shape index (κ3) is 3.57. The molecule has 0 unspecified atom stereocenters. The highest BCUT2D eigenvalue weighted by molar-refractivity contribution is 8.00. The molecule has 7 heteroatoms. The maximum atomic E-state index is 5.85. The summed E-state index contributed by atoms with van der Waals surface area (Å²) in [7, 11) is 0. The zero-order chi connectivity index (χ0) is 17.2. The Labute approximate surface area is 153 Å². The van der Waals surface area contributed by atoms with Gasteiger partial charge in [0.25, 0.3) is 5.22 Å². The van der Waals surface area contributed by atoms with Crippen molar-refractivity contribution in [3.8, 4) is 11.5 Å². The van der Waals surface area contributed by atoms with Crippen LogP contribution in [0.5, 0.6) is 0 Å². The van der Waals surface area contributed by atoms with Gasteiger partial charge in [-0.25, -0.2) is 4.98 Å². The second-order valence-electron chi connectivity index (χ2n) is 6.08. The number of fused-ring (bicyclic) bond motifs is 1. The second-order valence-corrected chi connectivity index (χ2v) is 8.03. The van der Waals surface area contributed by atoms with Gasteiger partial charge in [0, 0.05) is 23.7 Å². The molecule has 0 saturated heterocycles. The van der Waals surface area contributed by atoms with E-state index in [1.54, 1.807) is 0 Å². The van der Waals surface area contributed by atoms with Gasteiger partial charge in [-0.2, -0.15) is 4.37 Å². The zero-order valence-corrected chi connectivity index (χ0v) is 15.5. The molecule has 0 fully saturated rings. The SMILES string of the molecule is CC(C)Cc1nsc(Sc2nnc(-c3cccc4ccccc34)o2)n1. The van der Waals surface area contributed by atoms with Crippen LogP contribution < -0.4 is 0 Å². The fourth-order valence-electron chi connectivity index (χ4n) is 2.57. The van der Waals surface area contributed by atoms with Crippen molar-refractivity contribution in [2.24, 2.45) is 5.92 Å². The molecule has 4 aromatic rings. The minimum absolute atomic E-state index is 0.482. The lowest BCUT2D eigenvalue weighted by atomic mass is 10.0. The first-order valence-corrected chi connectivity index (χ1v) is 9.60. The van der Waals surface area contributed by atoms with Crippen LogP contribution in [0.15, 0.2) is 56.4 Å². The van der Waals surface area contributed by atoms with Gasteiger partial charge in [0.15, 0.2) is 4.34 Å². The minimum atomic E-state index is 0.482. The Balaban J connectivity index is 1.59. The maximum absolute atomic E-state index is 5.85. The van der Waals surface area contributed by atoms with Crippen molar-refractivity contribution >= 4 is 34.1 Å². The van der Waals surface area contributed by atoms with Crippen LogP contribution in [-0.2, 0) is 6.42 Å². The van der Waals surface area contributed by atoms with Gasteiger partial charge >= 0.3 is 0 Å². The van der Waals surface area contributed by atoms with Gasteiger partial charge in [-0.1, -0.05) is 50.2 Å². The molecule has 0 aliphatic rings. The van der Waals surface area contributed by atoms with Crippen molar-refractivity contribution < 1.29 is 4.42 Å². The van der Waals surface area contributed by atoms with Gasteiger partial charge in [0.05, 0.1) is 0 Å². The molecule has 0 saturated carbocycles. The van der Waals surface area contributed by atoms with Crippen molar-refractivity contribution in [1.82, 2.24) is 19.6 Å². The van der Waals surface area contributed by atoms with Crippen molar-refractivity contribution in [3.63, 3.8) is 0 Å². The van der Waals surface area contributed by atoms with Crippen molar-refractivity contribution in [1.29, 1.82) is 0 Å². The Hall–Kier alpha value is -2.25. The summed E-state index contributed by atoms with van der Waals surface area (Å²) in [4.78, 5) is 4.52. The molecular weight excluding hydrogens is 352 g/mol. The smallest absolute Gasteiger partial charge is 0.284 e. The van der Waals surface area contributed by atoms with E-state index in [9.17, 15) is 0 Å². The molecule has 0 amide bonds. The highest BCUT2D eigenvalue weighted by Gasteiger charge is 2.15. The number of aromatic nitrogens is 4. The normalized spacial score (nSPS) is 11.5. The van der Waals surface area contributed by atoms with Crippen molar-refractivity contribution in [3.05, 3.63) is 48.3 Å². The van der Waals surface area contributed by atoms with Crippen LogP contribution in [-0.4, -0.2) is 19.6 Å². The fourth-order valence-corrected chi connectivity index (χ4v) is 4.00. The summed E-state index contributed by atoms with van der Waals surface area (Å²) in [6, 6.07) is 14.2. The van der Waals surface area contributed by atoms with Crippen LogP contribution in [0.1, 0.15) is 19.7 Å². The standard InChI is InChI=1S/C18H16N4OS2/c1-11(2)10-15-19-18(25-22-15)24-17-21-20-16(23-17)14-9-5-7-12-6-3-4-8-13(12)14/h3-9,11H,10H2,1-2H3. The average molecular weight is 368 g/mol. The summed E-state index contributed by atoms with van der Waals surface area (Å²) in [6.45, 7) is 4.31. The average Bonchev–Trinajstić information content (AvgIpc) is 3.24. The molecular formula is C18H16N4OS2. The molecule has 0 N–H and O–H groups in total. The summed E-state index contributed by atoms with van der Waals surface area (Å²) in [6.07, 6.45) is 0.877. The monoisotopic (exact) mass is 368 g/mol. The summed E-state index contributed by atoms with van der Waals surface area (Å²) in [5.41, 5.74) is 0.940. The summed E-state index contributed by atoms with van der Waals surface area (Å²) >= 11 is 2.73. The molecule has 0 atom stereocenters.